The first-order valence-corrected chi connectivity index (χ1v) is 9.40. The maximum atomic E-state index is 12.1. The van der Waals surface area contributed by atoms with Gasteiger partial charge in [0, 0.05) is 40.8 Å². The highest BCUT2D eigenvalue weighted by Crippen LogP contribution is 2.27. The summed E-state index contributed by atoms with van der Waals surface area (Å²) in [6.45, 7) is 0. The van der Waals surface area contributed by atoms with E-state index in [-0.39, 0.29) is 5.91 Å². The van der Waals surface area contributed by atoms with Crippen molar-refractivity contribution in [3.63, 3.8) is 0 Å². The molecule has 1 amide bonds. The fourth-order valence-corrected chi connectivity index (χ4v) is 3.25. The van der Waals surface area contributed by atoms with Crippen LogP contribution in [0.3, 0.4) is 0 Å². The van der Waals surface area contributed by atoms with Gasteiger partial charge in [-0.25, -0.2) is 4.98 Å². The van der Waals surface area contributed by atoms with Gasteiger partial charge < -0.3 is 15.1 Å². The molecule has 0 aliphatic carbocycles. The van der Waals surface area contributed by atoms with Gasteiger partial charge in [-0.1, -0.05) is 6.07 Å². The van der Waals surface area contributed by atoms with Gasteiger partial charge in [-0.3, -0.25) is 9.78 Å². The number of thiazole rings is 1. The number of amides is 1. The fraction of sp³-hybridized carbons (Fsp3) is 0. The van der Waals surface area contributed by atoms with E-state index in [9.17, 15) is 4.79 Å². The van der Waals surface area contributed by atoms with Crippen molar-refractivity contribution in [2.24, 2.45) is 0 Å². The van der Waals surface area contributed by atoms with Crippen LogP contribution in [-0.4, -0.2) is 15.9 Å². The third-order valence-electron chi connectivity index (χ3n) is 3.80. The highest BCUT2D eigenvalue weighted by Gasteiger charge is 2.06. The van der Waals surface area contributed by atoms with Crippen molar-refractivity contribution in [3.8, 4) is 11.3 Å². The van der Waals surface area contributed by atoms with E-state index in [0.717, 1.165) is 22.1 Å². The quantitative estimate of drug-likeness (QED) is 0.444. The maximum Gasteiger partial charge on any atom is 0.248 e. The van der Waals surface area contributed by atoms with E-state index in [1.54, 1.807) is 36.9 Å². The van der Waals surface area contributed by atoms with Gasteiger partial charge in [0.2, 0.25) is 5.91 Å². The second kappa shape index (κ2) is 8.32. The molecule has 0 unspecified atom stereocenters. The van der Waals surface area contributed by atoms with E-state index in [2.05, 4.69) is 20.6 Å². The van der Waals surface area contributed by atoms with Gasteiger partial charge in [0.05, 0.1) is 12.0 Å². The molecular weight excluding hydrogens is 372 g/mol. The Hall–Kier alpha value is -3.71. The molecule has 4 rings (SSSR count). The zero-order valence-electron chi connectivity index (χ0n) is 14.7. The summed E-state index contributed by atoms with van der Waals surface area (Å²) in [5.74, 6) is 0.391. The third kappa shape index (κ3) is 4.52. The molecule has 0 aliphatic heterocycles. The Morgan fingerprint density at radius 3 is 2.75 bits per heavy atom. The monoisotopic (exact) mass is 388 g/mol. The number of nitrogens with zero attached hydrogens (tertiary/aromatic N) is 2. The summed E-state index contributed by atoms with van der Waals surface area (Å²) in [5, 5.41) is 8.86. The van der Waals surface area contributed by atoms with E-state index in [1.807, 2.05) is 41.8 Å². The number of anilines is 3. The average molecular weight is 388 g/mol. The number of nitrogens with one attached hydrogen (secondary N) is 2. The van der Waals surface area contributed by atoms with E-state index < -0.39 is 0 Å². The molecular formula is C21H16N4O2S. The number of rotatable bonds is 6. The molecule has 0 atom stereocenters. The Kier molecular flexibility index (Phi) is 5.26. The van der Waals surface area contributed by atoms with Crippen LogP contribution in [-0.2, 0) is 4.79 Å². The molecule has 0 saturated heterocycles. The summed E-state index contributed by atoms with van der Waals surface area (Å²) < 4.78 is 5.17. The predicted octanol–water partition coefficient (Wildman–Crippen LogP) is 5.19. The number of carbonyl (C=O) groups is 1. The SMILES string of the molecule is O=C(/C=C/c1ccco1)Nc1cccc(Nc2nc(-c3ccncc3)cs2)c1. The van der Waals surface area contributed by atoms with Crippen molar-refractivity contribution in [1.29, 1.82) is 0 Å². The predicted molar refractivity (Wildman–Crippen MR) is 111 cm³/mol. The lowest BCUT2D eigenvalue weighted by Gasteiger charge is -2.06. The molecule has 0 radical (unpaired) electrons. The van der Waals surface area contributed by atoms with E-state index in [1.165, 1.54) is 17.4 Å². The van der Waals surface area contributed by atoms with Crippen LogP contribution in [0, 0.1) is 0 Å². The van der Waals surface area contributed by atoms with Crippen molar-refractivity contribution in [1.82, 2.24) is 9.97 Å². The lowest BCUT2D eigenvalue weighted by Crippen LogP contribution is -2.07. The largest absolute Gasteiger partial charge is 0.465 e. The van der Waals surface area contributed by atoms with Gasteiger partial charge in [0.15, 0.2) is 5.13 Å². The van der Waals surface area contributed by atoms with Crippen LogP contribution in [0.25, 0.3) is 17.3 Å². The van der Waals surface area contributed by atoms with Gasteiger partial charge in [-0.15, -0.1) is 11.3 Å². The van der Waals surface area contributed by atoms with Crippen LogP contribution in [0.2, 0.25) is 0 Å². The molecule has 1 aromatic carbocycles. The minimum absolute atomic E-state index is 0.234. The molecule has 138 valence electrons. The van der Waals surface area contributed by atoms with Gasteiger partial charge >= 0.3 is 0 Å². The normalized spacial score (nSPS) is 10.9. The first-order chi connectivity index (χ1) is 13.8. The zero-order valence-corrected chi connectivity index (χ0v) is 15.5. The highest BCUT2D eigenvalue weighted by molar-refractivity contribution is 7.14. The van der Waals surface area contributed by atoms with Crippen molar-refractivity contribution >= 4 is 39.8 Å². The topological polar surface area (TPSA) is 80.0 Å². The van der Waals surface area contributed by atoms with Crippen molar-refractivity contribution in [3.05, 3.63) is 84.4 Å². The second-order valence-corrected chi connectivity index (χ2v) is 6.68. The Morgan fingerprint density at radius 1 is 1.07 bits per heavy atom. The number of carbonyl (C=O) groups excluding carboxylic acids is 1. The smallest absolute Gasteiger partial charge is 0.248 e. The number of hydrogen-bond acceptors (Lipinski definition) is 6. The van der Waals surface area contributed by atoms with Crippen LogP contribution < -0.4 is 10.6 Å². The number of aromatic nitrogens is 2. The lowest BCUT2D eigenvalue weighted by molar-refractivity contribution is -0.111. The molecule has 2 N–H and O–H groups in total. The van der Waals surface area contributed by atoms with Crippen LogP contribution in [0.5, 0.6) is 0 Å². The van der Waals surface area contributed by atoms with Crippen LogP contribution >= 0.6 is 11.3 Å². The Balaban J connectivity index is 1.41. The van der Waals surface area contributed by atoms with Gasteiger partial charge in [0.1, 0.15) is 5.76 Å². The fourth-order valence-electron chi connectivity index (χ4n) is 2.51. The van der Waals surface area contributed by atoms with Crippen LogP contribution in [0.15, 0.2) is 83.1 Å². The Morgan fingerprint density at radius 2 is 1.93 bits per heavy atom. The molecule has 28 heavy (non-hydrogen) atoms. The van der Waals surface area contributed by atoms with Gasteiger partial charge in [0.25, 0.3) is 0 Å². The molecule has 6 nitrogen and oxygen atoms in total. The average Bonchev–Trinajstić information content (AvgIpc) is 3.39. The summed E-state index contributed by atoms with van der Waals surface area (Å²) in [6.07, 6.45) is 8.10. The van der Waals surface area contributed by atoms with E-state index in [0.29, 0.717) is 11.4 Å². The first kappa shape index (κ1) is 17.7. The van der Waals surface area contributed by atoms with Crippen LogP contribution in [0.4, 0.5) is 16.5 Å². The minimum Gasteiger partial charge on any atom is -0.465 e. The molecule has 0 aliphatic rings. The molecule has 7 heteroatoms. The summed E-state index contributed by atoms with van der Waals surface area (Å²) in [6, 6.07) is 14.9. The summed E-state index contributed by atoms with van der Waals surface area (Å²) in [4.78, 5) is 20.7. The Labute approximate surface area is 165 Å². The number of hydrogen-bond donors (Lipinski definition) is 2. The second-order valence-electron chi connectivity index (χ2n) is 5.82. The van der Waals surface area contributed by atoms with Crippen LogP contribution in [0.1, 0.15) is 5.76 Å². The summed E-state index contributed by atoms with van der Waals surface area (Å²) in [7, 11) is 0. The van der Waals surface area contributed by atoms with Crippen molar-refractivity contribution in [2.45, 2.75) is 0 Å². The molecule has 0 saturated carbocycles. The lowest BCUT2D eigenvalue weighted by atomic mass is 10.2. The highest BCUT2D eigenvalue weighted by atomic mass is 32.1. The first-order valence-electron chi connectivity index (χ1n) is 8.52. The standard InChI is InChI=1S/C21H16N4O2S/c26-20(7-6-18-5-2-12-27-18)23-16-3-1-4-17(13-16)24-21-25-19(14-28-21)15-8-10-22-11-9-15/h1-14H,(H,23,26)(H,24,25)/b7-6+. The van der Waals surface area contributed by atoms with Gasteiger partial charge in [-0.05, 0) is 48.5 Å². The third-order valence-corrected chi connectivity index (χ3v) is 4.56. The number of furan rings is 1. The van der Waals surface area contributed by atoms with Gasteiger partial charge in [-0.2, -0.15) is 0 Å². The van der Waals surface area contributed by atoms with E-state index in [4.69, 9.17) is 4.42 Å². The summed E-state index contributed by atoms with van der Waals surface area (Å²) in [5.41, 5.74) is 3.43. The molecule has 0 fully saturated rings. The molecule has 4 aromatic rings. The zero-order chi connectivity index (χ0) is 19.2. The van der Waals surface area contributed by atoms with Crippen molar-refractivity contribution < 1.29 is 9.21 Å². The molecule has 0 spiro atoms. The minimum atomic E-state index is -0.234. The van der Waals surface area contributed by atoms with E-state index >= 15 is 0 Å². The Bertz CT molecular complexity index is 1090. The van der Waals surface area contributed by atoms with Crippen molar-refractivity contribution in [2.75, 3.05) is 10.6 Å². The number of pyridine rings is 1. The molecule has 3 aromatic heterocycles. The maximum absolute atomic E-state index is 12.1. The summed E-state index contributed by atoms with van der Waals surface area (Å²) >= 11 is 1.51. The molecule has 3 heterocycles. The molecule has 0 bridgehead atoms. The number of benzene rings is 1.